The van der Waals surface area contributed by atoms with Gasteiger partial charge in [-0.3, -0.25) is 0 Å². The molecule has 0 bridgehead atoms. The SMILES string of the molecule is CC1NOC(=O)C1=NN(Cl)c1ccccc1. The summed E-state index contributed by atoms with van der Waals surface area (Å²) in [5.74, 6) is -0.505. The molecule has 0 amide bonds. The molecule has 0 radical (unpaired) electrons. The number of rotatable bonds is 2. The number of hydrazone groups is 1. The number of anilines is 1. The Morgan fingerprint density at radius 1 is 1.44 bits per heavy atom. The molecule has 0 aromatic heterocycles. The van der Waals surface area contributed by atoms with Crippen LogP contribution >= 0.6 is 11.8 Å². The van der Waals surface area contributed by atoms with E-state index in [9.17, 15) is 4.79 Å². The fourth-order valence-corrected chi connectivity index (χ4v) is 1.45. The van der Waals surface area contributed by atoms with Gasteiger partial charge in [0.05, 0.1) is 11.7 Å². The van der Waals surface area contributed by atoms with Crippen LogP contribution in [0.1, 0.15) is 6.92 Å². The molecule has 84 valence electrons. The van der Waals surface area contributed by atoms with Gasteiger partial charge in [-0.05, 0) is 19.1 Å². The Hall–Kier alpha value is -1.59. The van der Waals surface area contributed by atoms with Gasteiger partial charge in [-0.15, -0.1) is 5.48 Å². The first-order chi connectivity index (χ1) is 7.68. The third-order valence-electron chi connectivity index (χ3n) is 2.11. The van der Waals surface area contributed by atoms with Crippen LogP contribution in [0.25, 0.3) is 0 Å². The second kappa shape index (κ2) is 4.51. The van der Waals surface area contributed by atoms with Crippen LogP contribution < -0.4 is 10.0 Å². The van der Waals surface area contributed by atoms with Crippen LogP contribution in [0.2, 0.25) is 0 Å². The average Bonchev–Trinajstić information content (AvgIpc) is 2.62. The Bertz CT molecular complexity index is 421. The number of para-hydroxylation sites is 1. The van der Waals surface area contributed by atoms with E-state index in [2.05, 4.69) is 15.4 Å². The zero-order valence-electron chi connectivity index (χ0n) is 8.55. The number of hydrogen-bond donors (Lipinski definition) is 1. The molecule has 1 aromatic carbocycles. The predicted octanol–water partition coefficient (Wildman–Crippen LogP) is 1.45. The summed E-state index contributed by atoms with van der Waals surface area (Å²) in [6.45, 7) is 1.76. The Labute approximate surface area is 97.7 Å². The molecule has 1 unspecified atom stereocenters. The van der Waals surface area contributed by atoms with E-state index in [1.54, 1.807) is 19.1 Å². The van der Waals surface area contributed by atoms with Crippen molar-refractivity contribution in [2.45, 2.75) is 13.0 Å². The van der Waals surface area contributed by atoms with Crippen LogP contribution in [0.4, 0.5) is 5.69 Å². The molecule has 1 atom stereocenters. The van der Waals surface area contributed by atoms with Crippen molar-refractivity contribution in [1.29, 1.82) is 0 Å². The first-order valence-corrected chi connectivity index (χ1v) is 5.08. The fraction of sp³-hybridized carbons (Fsp3) is 0.200. The lowest BCUT2D eigenvalue weighted by Crippen LogP contribution is -2.25. The van der Waals surface area contributed by atoms with Gasteiger partial charge in [0.1, 0.15) is 0 Å². The molecule has 1 aliphatic heterocycles. The highest BCUT2D eigenvalue weighted by Crippen LogP contribution is 2.17. The predicted molar refractivity (Wildman–Crippen MR) is 60.9 cm³/mol. The molecule has 2 rings (SSSR count). The van der Waals surface area contributed by atoms with Crippen molar-refractivity contribution in [3.8, 4) is 0 Å². The van der Waals surface area contributed by atoms with Crippen molar-refractivity contribution in [3.63, 3.8) is 0 Å². The van der Waals surface area contributed by atoms with E-state index in [0.29, 0.717) is 5.69 Å². The van der Waals surface area contributed by atoms with E-state index in [4.69, 9.17) is 11.8 Å². The normalized spacial score (nSPS) is 22.2. The van der Waals surface area contributed by atoms with Crippen molar-refractivity contribution in [1.82, 2.24) is 5.48 Å². The molecular weight excluding hydrogens is 230 g/mol. The number of hydroxylamine groups is 1. The molecule has 0 saturated carbocycles. The maximum absolute atomic E-state index is 11.3. The molecule has 1 aromatic rings. The topological polar surface area (TPSA) is 53.9 Å². The fourth-order valence-electron chi connectivity index (χ4n) is 1.26. The van der Waals surface area contributed by atoms with E-state index < -0.39 is 5.97 Å². The van der Waals surface area contributed by atoms with E-state index >= 15 is 0 Å². The number of nitrogens with zero attached hydrogens (tertiary/aromatic N) is 2. The van der Waals surface area contributed by atoms with Gasteiger partial charge in [0.15, 0.2) is 5.71 Å². The Balaban J connectivity index is 2.21. The number of carbonyl (C=O) groups is 1. The minimum absolute atomic E-state index is 0.249. The van der Waals surface area contributed by atoms with E-state index in [1.807, 2.05) is 18.2 Å². The zero-order chi connectivity index (χ0) is 11.5. The first kappa shape index (κ1) is 10.9. The van der Waals surface area contributed by atoms with Gasteiger partial charge in [-0.25, -0.2) is 4.79 Å². The van der Waals surface area contributed by atoms with Gasteiger partial charge in [0.2, 0.25) is 0 Å². The molecule has 1 N–H and O–H groups in total. The number of benzene rings is 1. The van der Waals surface area contributed by atoms with Crippen LogP contribution in [-0.2, 0) is 9.63 Å². The van der Waals surface area contributed by atoms with Crippen molar-refractivity contribution in [2.75, 3.05) is 4.53 Å². The van der Waals surface area contributed by atoms with Crippen LogP contribution in [0.15, 0.2) is 35.4 Å². The lowest BCUT2D eigenvalue weighted by molar-refractivity contribution is -0.138. The number of halogens is 1. The summed E-state index contributed by atoms with van der Waals surface area (Å²) in [7, 11) is 0. The van der Waals surface area contributed by atoms with Crippen molar-refractivity contribution < 1.29 is 9.63 Å². The highest BCUT2D eigenvalue weighted by molar-refractivity contribution is 6.40. The van der Waals surface area contributed by atoms with Crippen molar-refractivity contribution >= 4 is 29.1 Å². The van der Waals surface area contributed by atoms with Crippen LogP contribution in [-0.4, -0.2) is 17.7 Å². The Morgan fingerprint density at radius 3 is 2.69 bits per heavy atom. The van der Waals surface area contributed by atoms with E-state index in [-0.39, 0.29) is 11.8 Å². The third kappa shape index (κ3) is 2.15. The van der Waals surface area contributed by atoms with Gasteiger partial charge >= 0.3 is 5.97 Å². The Morgan fingerprint density at radius 2 is 2.12 bits per heavy atom. The summed E-state index contributed by atoms with van der Waals surface area (Å²) in [6, 6.07) is 8.84. The summed E-state index contributed by atoms with van der Waals surface area (Å²) in [4.78, 5) is 15.9. The number of nitrogens with one attached hydrogen (secondary N) is 1. The van der Waals surface area contributed by atoms with Gasteiger partial charge < -0.3 is 4.84 Å². The molecule has 1 heterocycles. The summed E-state index contributed by atoms with van der Waals surface area (Å²) in [5.41, 5.74) is 3.44. The quantitative estimate of drug-likeness (QED) is 0.627. The molecule has 1 fully saturated rings. The molecule has 1 saturated heterocycles. The molecule has 0 spiro atoms. The van der Waals surface area contributed by atoms with Gasteiger partial charge in [0.25, 0.3) is 0 Å². The summed E-state index contributed by atoms with van der Waals surface area (Å²) < 4.78 is 1.13. The van der Waals surface area contributed by atoms with Gasteiger partial charge in [-0.2, -0.15) is 9.63 Å². The third-order valence-corrected chi connectivity index (χ3v) is 2.38. The lowest BCUT2D eigenvalue weighted by atomic mass is 10.2. The van der Waals surface area contributed by atoms with Crippen molar-refractivity contribution in [2.24, 2.45) is 5.10 Å². The monoisotopic (exact) mass is 239 g/mol. The maximum atomic E-state index is 11.3. The second-order valence-electron chi connectivity index (χ2n) is 3.31. The lowest BCUT2D eigenvalue weighted by Gasteiger charge is -2.09. The molecular formula is C10H10ClN3O2. The zero-order valence-corrected chi connectivity index (χ0v) is 9.31. The first-order valence-electron chi connectivity index (χ1n) is 4.74. The van der Waals surface area contributed by atoms with Crippen molar-refractivity contribution in [3.05, 3.63) is 30.3 Å². The molecule has 0 aliphatic carbocycles. The molecule has 5 nitrogen and oxygen atoms in total. The summed E-state index contributed by atoms with van der Waals surface area (Å²) in [5, 5.41) is 3.99. The largest absolute Gasteiger partial charge is 0.375 e. The van der Waals surface area contributed by atoms with Crippen LogP contribution in [0.3, 0.4) is 0 Å². The average molecular weight is 240 g/mol. The minimum Gasteiger partial charge on any atom is -0.365 e. The molecule has 1 aliphatic rings. The summed E-state index contributed by atoms with van der Waals surface area (Å²) >= 11 is 5.93. The highest BCUT2D eigenvalue weighted by atomic mass is 35.5. The van der Waals surface area contributed by atoms with Gasteiger partial charge in [0, 0.05) is 11.8 Å². The highest BCUT2D eigenvalue weighted by Gasteiger charge is 2.30. The van der Waals surface area contributed by atoms with E-state index in [0.717, 1.165) is 4.53 Å². The van der Waals surface area contributed by atoms with Crippen LogP contribution in [0, 0.1) is 0 Å². The maximum Gasteiger partial charge on any atom is 0.375 e. The summed E-state index contributed by atoms with van der Waals surface area (Å²) in [6.07, 6.45) is 0. The number of carbonyl (C=O) groups excluding carboxylic acids is 1. The van der Waals surface area contributed by atoms with Gasteiger partial charge in [-0.1, -0.05) is 18.2 Å². The molecule has 16 heavy (non-hydrogen) atoms. The number of hydrogen-bond acceptors (Lipinski definition) is 5. The molecule has 6 heteroatoms. The minimum atomic E-state index is -0.505. The standard InChI is InChI=1S/C10H10ClN3O2/c1-7-9(10(15)16-13-7)12-14(11)8-5-3-2-4-6-8/h2-7,13H,1H3. The smallest absolute Gasteiger partial charge is 0.365 e. The van der Waals surface area contributed by atoms with Crippen LogP contribution in [0.5, 0.6) is 0 Å². The Kier molecular flexibility index (Phi) is 3.07. The van der Waals surface area contributed by atoms with E-state index in [1.165, 1.54) is 0 Å². The second-order valence-corrected chi connectivity index (χ2v) is 3.63.